The highest BCUT2D eigenvalue weighted by Crippen LogP contribution is 2.51. The Hall–Kier alpha value is -2.34. The van der Waals surface area contributed by atoms with Gasteiger partial charge in [0, 0.05) is 16.3 Å². The van der Waals surface area contributed by atoms with Gasteiger partial charge in [0.25, 0.3) is 0 Å². The second-order valence-corrected chi connectivity index (χ2v) is 6.45. The lowest BCUT2D eigenvalue weighted by atomic mass is 9.95. The predicted octanol–water partition coefficient (Wildman–Crippen LogP) is 4.75. The van der Waals surface area contributed by atoms with Crippen molar-refractivity contribution in [2.75, 3.05) is 5.32 Å². The van der Waals surface area contributed by atoms with Crippen molar-refractivity contribution in [1.82, 2.24) is 9.55 Å². The Bertz CT molecular complexity index is 972. The zero-order valence-corrected chi connectivity index (χ0v) is 13.1. The van der Waals surface area contributed by atoms with Gasteiger partial charge in [0.05, 0.1) is 23.1 Å². The molecular weight excluding hydrogens is 336 g/mol. The van der Waals surface area contributed by atoms with Crippen LogP contribution < -0.4 is 10.1 Å². The molecule has 0 fully saturated rings. The van der Waals surface area contributed by atoms with Crippen LogP contribution in [0.3, 0.4) is 0 Å². The summed E-state index contributed by atoms with van der Waals surface area (Å²) in [5, 5.41) is 4.01. The molecule has 2 aliphatic heterocycles. The number of benzene rings is 2. The van der Waals surface area contributed by atoms with E-state index >= 15 is 0 Å². The first-order valence-electron chi connectivity index (χ1n) is 7.63. The first-order chi connectivity index (χ1) is 11.6. The van der Waals surface area contributed by atoms with Gasteiger partial charge in [-0.25, -0.2) is 4.98 Å². The van der Waals surface area contributed by atoms with Crippen molar-refractivity contribution in [3.05, 3.63) is 52.8 Å². The summed E-state index contributed by atoms with van der Waals surface area (Å²) in [5.41, 5.74) is 3.32. The van der Waals surface area contributed by atoms with E-state index in [-0.39, 0.29) is 17.8 Å². The predicted molar refractivity (Wildman–Crippen MR) is 86.9 cm³/mol. The SMILES string of the molecule is FC(F)Oc1cccc2c1[C@H]1C[C@@H](N2)c2nc3ccc(Cl)cc3n21. The van der Waals surface area contributed by atoms with Gasteiger partial charge in [-0.05, 0) is 36.8 Å². The number of rotatable bonds is 2. The van der Waals surface area contributed by atoms with Crippen molar-refractivity contribution in [3.8, 4) is 5.75 Å². The Morgan fingerprint density at radius 3 is 3.00 bits per heavy atom. The number of ether oxygens (including phenoxy) is 1. The third-order valence-electron chi connectivity index (χ3n) is 4.71. The number of aromatic nitrogens is 2. The van der Waals surface area contributed by atoms with Gasteiger partial charge in [-0.3, -0.25) is 0 Å². The minimum atomic E-state index is -2.86. The van der Waals surface area contributed by atoms with Crippen LogP contribution in [0.1, 0.15) is 29.9 Å². The van der Waals surface area contributed by atoms with Crippen LogP contribution in [-0.4, -0.2) is 16.2 Å². The molecule has 3 heterocycles. The van der Waals surface area contributed by atoms with Crippen molar-refractivity contribution in [2.24, 2.45) is 0 Å². The number of fused-ring (bicyclic) bond motifs is 9. The van der Waals surface area contributed by atoms with E-state index in [4.69, 9.17) is 21.3 Å². The van der Waals surface area contributed by atoms with Crippen molar-refractivity contribution in [1.29, 1.82) is 0 Å². The number of hydrogen-bond acceptors (Lipinski definition) is 3. The van der Waals surface area contributed by atoms with Crippen molar-refractivity contribution >= 4 is 28.3 Å². The van der Waals surface area contributed by atoms with Crippen LogP contribution in [0.2, 0.25) is 5.02 Å². The third-order valence-corrected chi connectivity index (χ3v) is 4.94. The lowest BCUT2D eigenvalue weighted by molar-refractivity contribution is -0.0506. The average molecular weight is 348 g/mol. The number of nitrogens with one attached hydrogen (secondary N) is 1. The summed E-state index contributed by atoms with van der Waals surface area (Å²) in [6, 6.07) is 10.7. The molecule has 2 aromatic carbocycles. The quantitative estimate of drug-likeness (QED) is 0.727. The number of imidazole rings is 1. The highest BCUT2D eigenvalue weighted by Gasteiger charge is 2.41. The van der Waals surface area contributed by atoms with Crippen molar-refractivity contribution in [3.63, 3.8) is 0 Å². The number of halogens is 3. The third kappa shape index (κ3) is 1.86. The average Bonchev–Trinajstić information content (AvgIpc) is 3.03. The van der Waals surface area contributed by atoms with E-state index in [2.05, 4.69) is 9.88 Å². The summed E-state index contributed by atoms with van der Waals surface area (Å²) in [4.78, 5) is 4.70. The number of anilines is 1. The monoisotopic (exact) mass is 347 g/mol. The number of hydrogen-bond donors (Lipinski definition) is 1. The summed E-state index contributed by atoms with van der Waals surface area (Å²) in [6.07, 6.45) is 0.751. The van der Waals surface area contributed by atoms with Gasteiger partial charge < -0.3 is 14.6 Å². The second-order valence-electron chi connectivity index (χ2n) is 6.02. The van der Waals surface area contributed by atoms with E-state index in [0.29, 0.717) is 5.02 Å². The standard InChI is InChI=1S/C17H12ClF2N3O/c18-8-4-5-9-12(6-8)23-13-7-11(16(23)22-9)21-10-2-1-3-14(15(10)13)24-17(19)20/h1-6,11,13,17,21H,7H2/t11-,13-/m1/s1. The van der Waals surface area contributed by atoms with Crippen LogP contribution in [0.15, 0.2) is 36.4 Å². The highest BCUT2D eigenvalue weighted by molar-refractivity contribution is 6.31. The van der Waals surface area contributed by atoms with E-state index in [1.165, 1.54) is 0 Å². The number of alkyl halides is 2. The summed E-state index contributed by atoms with van der Waals surface area (Å²) in [7, 11) is 0. The Labute approximate surface area is 141 Å². The summed E-state index contributed by atoms with van der Waals surface area (Å²) in [5.74, 6) is 1.10. The molecule has 122 valence electrons. The largest absolute Gasteiger partial charge is 0.434 e. The molecule has 1 aromatic heterocycles. The van der Waals surface area contributed by atoms with Crippen LogP contribution in [0, 0.1) is 0 Å². The summed E-state index contributed by atoms with van der Waals surface area (Å²) >= 11 is 6.14. The van der Waals surface area contributed by atoms with Crippen molar-refractivity contribution < 1.29 is 13.5 Å². The van der Waals surface area contributed by atoms with Crippen LogP contribution in [-0.2, 0) is 0 Å². The van der Waals surface area contributed by atoms with Gasteiger partial charge in [-0.2, -0.15) is 8.78 Å². The van der Waals surface area contributed by atoms with E-state index in [9.17, 15) is 8.78 Å². The smallest absolute Gasteiger partial charge is 0.387 e. The lowest BCUT2D eigenvalue weighted by Crippen LogP contribution is -2.18. The van der Waals surface area contributed by atoms with Crippen LogP contribution in [0.5, 0.6) is 5.75 Å². The Balaban J connectivity index is 1.75. The molecule has 0 unspecified atom stereocenters. The van der Waals surface area contributed by atoms with E-state index in [0.717, 1.165) is 34.5 Å². The molecule has 2 atom stereocenters. The van der Waals surface area contributed by atoms with Gasteiger partial charge in [0.1, 0.15) is 11.6 Å². The zero-order valence-electron chi connectivity index (χ0n) is 12.3. The van der Waals surface area contributed by atoms with Gasteiger partial charge in [-0.15, -0.1) is 0 Å². The minimum Gasteiger partial charge on any atom is -0.434 e. The van der Waals surface area contributed by atoms with Crippen LogP contribution in [0.25, 0.3) is 11.0 Å². The highest BCUT2D eigenvalue weighted by atomic mass is 35.5. The molecule has 7 heteroatoms. The maximum absolute atomic E-state index is 12.8. The Morgan fingerprint density at radius 1 is 1.29 bits per heavy atom. The molecule has 0 aliphatic carbocycles. The Kier molecular flexibility index (Phi) is 2.83. The minimum absolute atomic E-state index is 0.0514. The molecule has 24 heavy (non-hydrogen) atoms. The Morgan fingerprint density at radius 2 is 2.17 bits per heavy atom. The van der Waals surface area contributed by atoms with E-state index in [1.807, 2.05) is 18.2 Å². The lowest BCUT2D eigenvalue weighted by Gasteiger charge is -2.27. The molecule has 0 saturated heterocycles. The van der Waals surface area contributed by atoms with Gasteiger partial charge >= 0.3 is 6.61 Å². The maximum atomic E-state index is 12.8. The van der Waals surface area contributed by atoms with Crippen LogP contribution in [0.4, 0.5) is 14.5 Å². The first-order valence-corrected chi connectivity index (χ1v) is 8.01. The van der Waals surface area contributed by atoms with Crippen LogP contribution >= 0.6 is 11.6 Å². The second kappa shape index (κ2) is 4.83. The molecule has 2 bridgehead atoms. The number of nitrogens with zero attached hydrogens (tertiary/aromatic N) is 2. The zero-order chi connectivity index (χ0) is 16.4. The molecule has 0 spiro atoms. The topological polar surface area (TPSA) is 39.1 Å². The van der Waals surface area contributed by atoms with Crippen molar-refractivity contribution in [2.45, 2.75) is 25.1 Å². The summed E-state index contributed by atoms with van der Waals surface area (Å²) < 4.78 is 32.4. The summed E-state index contributed by atoms with van der Waals surface area (Å²) in [6.45, 7) is -2.86. The molecule has 3 aromatic rings. The van der Waals surface area contributed by atoms with Gasteiger partial charge in [0.15, 0.2) is 0 Å². The normalized spacial score (nSPS) is 20.8. The fraction of sp³-hybridized carbons (Fsp3) is 0.235. The van der Waals surface area contributed by atoms with E-state index < -0.39 is 6.61 Å². The van der Waals surface area contributed by atoms with Gasteiger partial charge in [-0.1, -0.05) is 17.7 Å². The first kappa shape index (κ1) is 14.0. The molecule has 2 aliphatic rings. The molecule has 1 N–H and O–H groups in total. The molecule has 0 radical (unpaired) electrons. The molecule has 5 rings (SSSR count). The molecule has 4 nitrogen and oxygen atoms in total. The fourth-order valence-corrected chi connectivity index (χ4v) is 4.03. The molecular formula is C17H12ClF2N3O. The van der Waals surface area contributed by atoms with Gasteiger partial charge in [0.2, 0.25) is 0 Å². The molecule has 0 saturated carbocycles. The molecule has 0 amide bonds. The maximum Gasteiger partial charge on any atom is 0.387 e. The fourth-order valence-electron chi connectivity index (χ4n) is 3.86. The van der Waals surface area contributed by atoms with E-state index in [1.54, 1.807) is 18.2 Å².